The number of nitrogens with zero attached hydrogens (tertiary/aromatic N) is 2. The fourth-order valence-corrected chi connectivity index (χ4v) is 3.49. The second-order valence-corrected chi connectivity index (χ2v) is 8.04. The van der Waals surface area contributed by atoms with E-state index in [1.807, 2.05) is 14.0 Å². The number of nitrogens with one attached hydrogen (secondary N) is 1. The van der Waals surface area contributed by atoms with Crippen molar-refractivity contribution in [1.29, 1.82) is 0 Å². The molecule has 0 fully saturated rings. The van der Waals surface area contributed by atoms with E-state index in [1.165, 1.54) is 33.9 Å². The Morgan fingerprint density at radius 2 is 1.93 bits per heavy atom. The van der Waals surface area contributed by atoms with Gasteiger partial charge in [-0.3, -0.25) is 4.99 Å². The summed E-state index contributed by atoms with van der Waals surface area (Å²) in [5.41, 5.74) is 6.26. The second kappa shape index (κ2) is 9.89. The molecule has 0 saturated carbocycles. The number of hydrogen-bond acceptors (Lipinski definition) is 1. The average molecular weight is 485 g/mol. The van der Waals surface area contributed by atoms with Crippen LogP contribution < -0.4 is 10.7 Å². The van der Waals surface area contributed by atoms with Crippen LogP contribution in [0.25, 0.3) is 0 Å². The van der Waals surface area contributed by atoms with E-state index in [9.17, 15) is 8.78 Å². The predicted octanol–water partition coefficient (Wildman–Crippen LogP) is 2.06. The number of benzene rings is 2. The van der Waals surface area contributed by atoms with Crippen LogP contribution in [0.2, 0.25) is 0 Å². The quantitative estimate of drug-likeness (QED) is 0.342. The summed E-state index contributed by atoms with van der Waals surface area (Å²) in [5, 5.41) is 0. The van der Waals surface area contributed by atoms with Gasteiger partial charge in [-0.25, -0.2) is 8.78 Å². The smallest absolute Gasteiger partial charge is 0.281 e. The van der Waals surface area contributed by atoms with E-state index in [1.54, 1.807) is 0 Å². The summed E-state index contributed by atoms with van der Waals surface area (Å²) in [4.78, 5) is 8.99. The molecule has 144 valence electrons. The lowest BCUT2D eigenvalue weighted by molar-refractivity contribution is -0.464. The fourth-order valence-electron chi connectivity index (χ4n) is 3.14. The van der Waals surface area contributed by atoms with Gasteiger partial charge in [0.1, 0.15) is 11.6 Å². The molecule has 0 radical (unpaired) electrons. The minimum absolute atomic E-state index is 0.421. The van der Waals surface area contributed by atoms with Gasteiger partial charge in [0.05, 0.1) is 6.54 Å². The third-order valence-electron chi connectivity index (χ3n) is 4.31. The van der Waals surface area contributed by atoms with Gasteiger partial charge in [-0.05, 0) is 64.0 Å². The Balaban J connectivity index is 2.23. The lowest BCUT2D eigenvalue weighted by atomic mass is 9.81. The van der Waals surface area contributed by atoms with Crippen molar-refractivity contribution in [2.75, 3.05) is 20.1 Å². The molecule has 0 heterocycles. The van der Waals surface area contributed by atoms with Crippen LogP contribution in [0.15, 0.2) is 47.5 Å². The number of likely N-dealkylation sites (N-methyl/N-ethyl adjacent to an activating group) is 1. The molecule has 0 aliphatic carbocycles. The molecular weight excluding hydrogens is 461 g/mol. The van der Waals surface area contributed by atoms with Gasteiger partial charge in [-0.15, -0.1) is 0 Å². The zero-order valence-corrected chi connectivity index (χ0v) is 17.6. The fraction of sp³-hybridized carbons (Fsp3) is 0.300. The molecular formula is C20H24F2IN4+. The lowest BCUT2D eigenvalue weighted by Gasteiger charge is -2.32. The molecule has 3 N–H and O–H groups in total. The van der Waals surface area contributed by atoms with E-state index >= 15 is 0 Å². The van der Waals surface area contributed by atoms with Crippen molar-refractivity contribution in [2.45, 2.75) is 18.9 Å². The van der Waals surface area contributed by atoms with Gasteiger partial charge in [-0.2, -0.15) is 0 Å². The van der Waals surface area contributed by atoms with Crippen molar-refractivity contribution in [2.24, 2.45) is 10.7 Å². The van der Waals surface area contributed by atoms with E-state index in [0.717, 1.165) is 12.6 Å². The lowest BCUT2D eigenvalue weighted by Crippen LogP contribution is -2.74. The normalized spacial score (nSPS) is 14.3. The highest BCUT2D eigenvalue weighted by molar-refractivity contribution is 14.1. The van der Waals surface area contributed by atoms with Gasteiger partial charge in [0.2, 0.25) is 6.34 Å². The Kier molecular flexibility index (Phi) is 7.85. The Morgan fingerprint density at radius 1 is 1.22 bits per heavy atom. The minimum atomic E-state index is -0.601. The van der Waals surface area contributed by atoms with Gasteiger partial charge in [-0.1, -0.05) is 25.1 Å². The van der Waals surface area contributed by atoms with E-state index in [0.29, 0.717) is 18.7 Å². The Morgan fingerprint density at radius 3 is 2.56 bits per heavy atom. The van der Waals surface area contributed by atoms with Crippen molar-refractivity contribution >= 4 is 35.3 Å². The van der Waals surface area contributed by atoms with E-state index in [2.05, 4.69) is 61.7 Å². The van der Waals surface area contributed by atoms with Crippen LogP contribution in [0.3, 0.4) is 0 Å². The zero-order valence-electron chi connectivity index (χ0n) is 15.4. The summed E-state index contributed by atoms with van der Waals surface area (Å²) in [5.74, 6) is -1.14. The molecule has 0 saturated heterocycles. The molecule has 0 amide bonds. The highest BCUT2D eigenvalue weighted by Gasteiger charge is 2.32. The van der Waals surface area contributed by atoms with Crippen LogP contribution in [0.1, 0.15) is 18.1 Å². The van der Waals surface area contributed by atoms with Crippen molar-refractivity contribution in [3.63, 3.8) is 0 Å². The summed E-state index contributed by atoms with van der Waals surface area (Å²) in [7, 11) is 1.99. The van der Waals surface area contributed by atoms with Crippen molar-refractivity contribution in [3.05, 3.63) is 68.8 Å². The van der Waals surface area contributed by atoms with Crippen LogP contribution in [-0.2, 0) is 12.0 Å². The molecule has 1 unspecified atom stereocenters. The van der Waals surface area contributed by atoms with Crippen LogP contribution in [-0.4, -0.2) is 37.7 Å². The largest absolute Gasteiger partial charge is 0.369 e. The number of nitrogens with two attached hydrogens (primary N) is 1. The SMILES string of the molecule is CN(Cc1ccc(I)cc1)CC(C)(C[NH+]=CN=CN)c1ccc(F)cc1F. The summed E-state index contributed by atoms with van der Waals surface area (Å²) >= 11 is 2.27. The van der Waals surface area contributed by atoms with Crippen molar-refractivity contribution in [3.8, 4) is 0 Å². The number of rotatable bonds is 8. The first kappa shape index (κ1) is 21.4. The number of halogens is 3. The molecule has 1 atom stereocenters. The second-order valence-electron chi connectivity index (χ2n) is 6.79. The molecule has 27 heavy (non-hydrogen) atoms. The standard InChI is InChI=1S/C20H23F2IN4/c1-20(11-25-14-26-13-24,18-8-5-16(21)9-19(18)22)12-27(2)10-15-3-6-17(23)7-4-15/h3-9,13-14H,10-12H2,1-2H3,(H2,24,25,26)/p+1. The maximum absolute atomic E-state index is 14.5. The third-order valence-corrected chi connectivity index (χ3v) is 5.03. The Labute approximate surface area is 172 Å². The van der Waals surface area contributed by atoms with Crippen LogP contribution >= 0.6 is 22.6 Å². The summed E-state index contributed by atoms with van der Waals surface area (Å²) in [6.45, 7) is 3.65. The average Bonchev–Trinajstić information content (AvgIpc) is 2.60. The van der Waals surface area contributed by atoms with E-state index < -0.39 is 17.0 Å². The van der Waals surface area contributed by atoms with Gasteiger partial charge < -0.3 is 10.6 Å². The topological polar surface area (TPSA) is 55.6 Å². The Bertz CT molecular complexity index is 808. The predicted molar refractivity (Wildman–Crippen MR) is 114 cm³/mol. The van der Waals surface area contributed by atoms with E-state index in [-0.39, 0.29) is 0 Å². The maximum Gasteiger partial charge on any atom is 0.281 e. The van der Waals surface area contributed by atoms with Crippen LogP contribution in [0.4, 0.5) is 8.78 Å². The van der Waals surface area contributed by atoms with Gasteiger partial charge >= 0.3 is 0 Å². The minimum Gasteiger partial charge on any atom is -0.369 e. The molecule has 0 spiro atoms. The molecule has 7 heteroatoms. The van der Waals surface area contributed by atoms with Crippen LogP contribution in [0.5, 0.6) is 0 Å². The first-order valence-corrected chi connectivity index (χ1v) is 9.59. The third kappa shape index (κ3) is 6.35. The maximum atomic E-state index is 14.5. The highest BCUT2D eigenvalue weighted by atomic mass is 127. The van der Waals surface area contributed by atoms with Gasteiger partial charge in [0.15, 0.2) is 0 Å². The molecule has 0 aromatic heterocycles. The van der Waals surface area contributed by atoms with Crippen molar-refractivity contribution < 1.29 is 13.8 Å². The van der Waals surface area contributed by atoms with Crippen LogP contribution in [0, 0.1) is 15.2 Å². The molecule has 2 aromatic rings. The number of aliphatic imine (C=N–C) groups is 1. The molecule has 0 bridgehead atoms. The molecule has 4 nitrogen and oxygen atoms in total. The first-order valence-electron chi connectivity index (χ1n) is 8.51. The molecule has 0 aliphatic rings. The molecule has 2 rings (SSSR count). The summed E-state index contributed by atoms with van der Waals surface area (Å²) in [6.07, 6.45) is 2.64. The highest BCUT2D eigenvalue weighted by Crippen LogP contribution is 2.27. The van der Waals surface area contributed by atoms with E-state index in [4.69, 9.17) is 5.73 Å². The van der Waals surface area contributed by atoms with Crippen molar-refractivity contribution in [1.82, 2.24) is 4.90 Å². The zero-order chi connectivity index (χ0) is 19.9. The summed E-state index contributed by atoms with van der Waals surface area (Å²) in [6, 6.07) is 12.0. The first-order chi connectivity index (χ1) is 12.8. The molecule has 0 aliphatic heterocycles. The van der Waals surface area contributed by atoms with Gasteiger partial charge in [0.25, 0.3) is 6.34 Å². The molecule has 2 aromatic carbocycles. The monoisotopic (exact) mass is 485 g/mol. The number of hydrogen-bond donors (Lipinski definition) is 2. The van der Waals surface area contributed by atoms with Gasteiger partial charge in [0, 0.05) is 28.1 Å². The summed E-state index contributed by atoms with van der Waals surface area (Å²) < 4.78 is 29.0. The Hall–Kier alpha value is -1.87.